The van der Waals surface area contributed by atoms with Crippen LogP contribution in [0.2, 0.25) is 0 Å². The molecular weight excluding hydrogens is 380 g/mol. The van der Waals surface area contributed by atoms with E-state index in [1.54, 1.807) is 6.92 Å². The molecule has 3 aromatic rings. The summed E-state index contributed by atoms with van der Waals surface area (Å²) in [5.74, 6) is 0.393. The Morgan fingerprint density at radius 3 is 2.06 bits per heavy atom. The van der Waals surface area contributed by atoms with Crippen molar-refractivity contribution in [2.75, 3.05) is 0 Å². The van der Waals surface area contributed by atoms with Crippen LogP contribution in [-0.4, -0.2) is 12.1 Å². The van der Waals surface area contributed by atoms with E-state index in [0.717, 1.165) is 12.8 Å². The fraction of sp³-hybridized carbons (Fsp3) is 0.276. The van der Waals surface area contributed by atoms with Gasteiger partial charge >= 0.3 is 5.97 Å². The van der Waals surface area contributed by atoms with Crippen LogP contribution in [0.5, 0.6) is 0 Å². The first-order chi connectivity index (χ1) is 15.2. The summed E-state index contributed by atoms with van der Waals surface area (Å²) >= 11 is 0. The number of ether oxygens (including phenoxy) is 1. The first-order valence-electron chi connectivity index (χ1n) is 11.3. The molecule has 0 N–H and O–H groups in total. The Morgan fingerprint density at radius 2 is 1.42 bits per heavy atom. The van der Waals surface area contributed by atoms with Crippen molar-refractivity contribution in [3.63, 3.8) is 0 Å². The summed E-state index contributed by atoms with van der Waals surface area (Å²) in [6.45, 7) is 1.55. The zero-order chi connectivity index (χ0) is 20.8. The van der Waals surface area contributed by atoms with Gasteiger partial charge in [-0.25, -0.2) is 0 Å². The van der Waals surface area contributed by atoms with Crippen molar-refractivity contribution in [1.82, 2.24) is 0 Å². The molecular formula is C29H24O2. The fourth-order valence-corrected chi connectivity index (χ4v) is 7.70. The number of carbonyl (C=O) groups excluding carboxylic acids is 1. The summed E-state index contributed by atoms with van der Waals surface area (Å²) in [4.78, 5) is 12.3. The molecule has 2 nitrogen and oxygen atoms in total. The van der Waals surface area contributed by atoms with E-state index in [2.05, 4.69) is 84.9 Å². The maximum absolute atomic E-state index is 12.3. The standard InChI is InChI=1S/C29H24O2/c1-18(30)31-26-15-17-28-16-14-20(19-8-2-5-11-23(19)28)27-21-9-3-6-12-24(21)29(26,28)25-13-7-4-10-22(25)27/h2-14,16,20,26-27H,15,17H2,1H3/t20-,26?,27?,28-,29?/m1/s1. The Morgan fingerprint density at radius 1 is 0.839 bits per heavy atom. The molecule has 1 saturated carbocycles. The van der Waals surface area contributed by atoms with Gasteiger partial charge in [0.15, 0.2) is 0 Å². The Hall–Kier alpha value is -3.13. The number of esters is 1. The van der Waals surface area contributed by atoms with E-state index in [9.17, 15) is 4.79 Å². The van der Waals surface area contributed by atoms with Crippen LogP contribution in [0.25, 0.3) is 0 Å². The lowest BCUT2D eigenvalue weighted by molar-refractivity contribution is -0.148. The van der Waals surface area contributed by atoms with Gasteiger partial charge in [-0.05, 0) is 46.2 Å². The molecule has 8 rings (SSSR count). The monoisotopic (exact) mass is 404 g/mol. The van der Waals surface area contributed by atoms with Crippen molar-refractivity contribution in [3.8, 4) is 0 Å². The molecule has 4 bridgehead atoms. The molecule has 5 aliphatic carbocycles. The molecule has 1 unspecified atom stereocenters. The molecule has 3 atom stereocenters. The van der Waals surface area contributed by atoms with Crippen LogP contribution >= 0.6 is 0 Å². The fourth-order valence-electron chi connectivity index (χ4n) is 7.70. The number of allylic oxidation sites excluding steroid dienone is 2. The van der Waals surface area contributed by atoms with Gasteiger partial charge in [0.2, 0.25) is 0 Å². The van der Waals surface area contributed by atoms with Gasteiger partial charge in [-0.2, -0.15) is 0 Å². The maximum atomic E-state index is 12.3. The molecule has 0 aliphatic heterocycles. The van der Waals surface area contributed by atoms with Gasteiger partial charge in [-0.15, -0.1) is 0 Å². The van der Waals surface area contributed by atoms with Crippen LogP contribution in [-0.2, 0) is 20.4 Å². The smallest absolute Gasteiger partial charge is 0.302 e. The third-order valence-electron chi connectivity index (χ3n) is 8.48. The lowest BCUT2D eigenvalue weighted by atomic mass is 9.45. The average molecular weight is 405 g/mol. The van der Waals surface area contributed by atoms with E-state index in [4.69, 9.17) is 4.74 Å². The van der Waals surface area contributed by atoms with Crippen LogP contribution < -0.4 is 0 Å². The molecule has 0 amide bonds. The second-order valence-electron chi connectivity index (χ2n) is 9.54. The summed E-state index contributed by atoms with van der Waals surface area (Å²) in [7, 11) is 0. The second-order valence-corrected chi connectivity index (χ2v) is 9.54. The molecule has 2 spiro atoms. The molecule has 0 heterocycles. The van der Waals surface area contributed by atoms with Crippen LogP contribution in [0.15, 0.2) is 84.9 Å². The summed E-state index contributed by atoms with van der Waals surface area (Å²) in [5, 5.41) is 0. The van der Waals surface area contributed by atoms with Gasteiger partial charge in [0.25, 0.3) is 0 Å². The van der Waals surface area contributed by atoms with E-state index in [0.29, 0.717) is 5.92 Å². The predicted octanol–water partition coefficient (Wildman–Crippen LogP) is 5.75. The number of carbonyl (C=O) groups is 1. The molecule has 0 aromatic heterocycles. The number of hydrogen-bond donors (Lipinski definition) is 0. The van der Waals surface area contributed by atoms with Gasteiger partial charge in [0.05, 0.1) is 5.41 Å². The number of benzene rings is 3. The Bertz CT molecular complexity index is 1240. The number of hydrogen-bond acceptors (Lipinski definition) is 2. The van der Waals surface area contributed by atoms with Crippen LogP contribution in [0.3, 0.4) is 0 Å². The molecule has 1 fully saturated rings. The summed E-state index contributed by atoms with van der Waals surface area (Å²) in [6.07, 6.45) is 6.58. The summed E-state index contributed by atoms with van der Waals surface area (Å²) in [6, 6.07) is 26.9. The molecule has 152 valence electrons. The third-order valence-corrected chi connectivity index (χ3v) is 8.48. The highest BCUT2D eigenvalue weighted by Gasteiger charge is 2.68. The first kappa shape index (κ1) is 17.5. The van der Waals surface area contributed by atoms with Gasteiger partial charge in [0.1, 0.15) is 6.10 Å². The minimum atomic E-state index is -0.416. The average Bonchev–Trinajstić information content (AvgIpc) is 3.06. The van der Waals surface area contributed by atoms with Gasteiger partial charge in [-0.3, -0.25) is 4.79 Å². The second kappa shape index (κ2) is 5.76. The van der Waals surface area contributed by atoms with Crippen molar-refractivity contribution in [3.05, 3.63) is 118 Å². The molecule has 31 heavy (non-hydrogen) atoms. The normalized spacial score (nSPS) is 33.0. The topological polar surface area (TPSA) is 26.3 Å². The van der Waals surface area contributed by atoms with Gasteiger partial charge in [-0.1, -0.05) is 84.9 Å². The van der Waals surface area contributed by atoms with Gasteiger partial charge in [0, 0.05) is 24.2 Å². The van der Waals surface area contributed by atoms with Crippen molar-refractivity contribution >= 4 is 5.97 Å². The summed E-state index contributed by atoms with van der Waals surface area (Å²) in [5.41, 5.74) is 7.72. The van der Waals surface area contributed by atoms with Crippen LogP contribution in [0, 0.1) is 0 Å². The summed E-state index contributed by atoms with van der Waals surface area (Å²) < 4.78 is 6.20. The van der Waals surface area contributed by atoms with Crippen molar-refractivity contribution in [2.45, 2.75) is 48.5 Å². The SMILES string of the molecule is CC(=O)OC1CC[C@]23C=C[C@H](c4ccccc42)C2c4ccccc4C13c1ccccc12. The predicted molar refractivity (Wildman–Crippen MR) is 120 cm³/mol. The first-order valence-corrected chi connectivity index (χ1v) is 11.3. The minimum Gasteiger partial charge on any atom is -0.461 e. The van der Waals surface area contributed by atoms with E-state index in [-0.39, 0.29) is 23.4 Å². The van der Waals surface area contributed by atoms with E-state index in [1.165, 1.54) is 33.4 Å². The van der Waals surface area contributed by atoms with Crippen LogP contribution in [0.4, 0.5) is 0 Å². The molecule has 2 heteroatoms. The van der Waals surface area contributed by atoms with Crippen molar-refractivity contribution in [2.24, 2.45) is 0 Å². The molecule has 5 aliphatic rings. The maximum Gasteiger partial charge on any atom is 0.302 e. The number of rotatable bonds is 1. The van der Waals surface area contributed by atoms with E-state index in [1.807, 2.05) is 0 Å². The van der Waals surface area contributed by atoms with E-state index >= 15 is 0 Å². The minimum absolute atomic E-state index is 0.193. The highest BCUT2D eigenvalue weighted by atomic mass is 16.5. The highest BCUT2D eigenvalue weighted by molar-refractivity contribution is 5.72. The van der Waals surface area contributed by atoms with Crippen molar-refractivity contribution in [1.29, 1.82) is 0 Å². The largest absolute Gasteiger partial charge is 0.461 e. The Kier molecular flexibility index (Phi) is 3.26. The quantitative estimate of drug-likeness (QED) is 0.381. The molecule has 0 radical (unpaired) electrons. The van der Waals surface area contributed by atoms with E-state index < -0.39 is 5.41 Å². The highest BCUT2D eigenvalue weighted by Crippen LogP contribution is 2.70. The van der Waals surface area contributed by atoms with Crippen molar-refractivity contribution < 1.29 is 9.53 Å². The van der Waals surface area contributed by atoms with Gasteiger partial charge < -0.3 is 4.74 Å². The zero-order valence-corrected chi connectivity index (χ0v) is 17.5. The lowest BCUT2D eigenvalue weighted by Crippen LogP contribution is -2.57. The zero-order valence-electron chi connectivity index (χ0n) is 17.5. The third kappa shape index (κ3) is 1.85. The Labute approximate surface area is 182 Å². The molecule has 0 saturated heterocycles. The Balaban J connectivity index is 1.71. The lowest BCUT2D eigenvalue weighted by Gasteiger charge is -2.58. The van der Waals surface area contributed by atoms with Crippen LogP contribution in [0.1, 0.15) is 65.0 Å². The molecule has 3 aromatic carbocycles.